The van der Waals surface area contributed by atoms with Crippen LogP contribution in [0.3, 0.4) is 0 Å². The molecule has 3 nitrogen and oxygen atoms in total. The average molecular weight is 251 g/mol. The lowest BCUT2D eigenvalue weighted by Crippen LogP contribution is -2.66. The number of piperidine rings is 3. The smallest absolute Gasteiger partial charge is 0.0264 e. The van der Waals surface area contributed by atoms with Gasteiger partial charge in [0.25, 0.3) is 0 Å². The molecule has 2 bridgehead atoms. The molecule has 0 saturated carbocycles. The second kappa shape index (κ2) is 5.10. The van der Waals surface area contributed by atoms with Crippen molar-refractivity contribution in [1.29, 1.82) is 0 Å². The van der Waals surface area contributed by atoms with Gasteiger partial charge in [0.15, 0.2) is 0 Å². The van der Waals surface area contributed by atoms with E-state index in [1.807, 2.05) is 0 Å². The normalized spacial score (nSPS) is 47.2. The fraction of sp³-hybridized carbons (Fsp3) is 1.00. The van der Waals surface area contributed by atoms with Crippen molar-refractivity contribution in [3.63, 3.8) is 0 Å². The molecule has 3 heterocycles. The molecule has 0 amide bonds. The topological polar surface area (TPSA) is 32.5 Å². The van der Waals surface area contributed by atoms with Gasteiger partial charge < -0.3 is 5.73 Å². The highest BCUT2D eigenvalue weighted by molar-refractivity contribution is 4.95. The Labute approximate surface area is 112 Å². The van der Waals surface area contributed by atoms with Crippen molar-refractivity contribution in [1.82, 2.24) is 10.0 Å². The van der Waals surface area contributed by atoms with Crippen molar-refractivity contribution >= 4 is 0 Å². The maximum absolute atomic E-state index is 6.24. The average Bonchev–Trinajstić information content (AvgIpc) is 2.29. The Kier molecular flexibility index (Phi) is 3.65. The summed E-state index contributed by atoms with van der Waals surface area (Å²) in [5, 5.41) is 5.52. The Morgan fingerprint density at radius 3 is 1.83 bits per heavy atom. The SMILES string of the molecule is CC1CCCC(C)N1N1C2CCCC1CC(N)C2. The third-order valence-electron chi connectivity index (χ3n) is 5.39. The summed E-state index contributed by atoms with van der Waals surface area (Å²) in [6.45, 7) is 4.83. The molecule has 3 saturated heterocycles. The zero-order valence-electron chi connectivity index (χ0n) is 12.0. The van der Waals surface area contributed by atoms with Gasteiger partial charge in [-0.25, -0.2) is 10.0 Å². The molecule has 4 atom stereocenters. The number of hydrazine groups is 1. The molecule has 0 aromatic rings. The molecular weight excluding hydrogens is 222 g/mol. The Balaban J connectivity index is 1.81. The van der Waals surface area contributed by atoms with E-state index < -0.39 is 0 Å². The lowest BCUT2D eigenvalue weighted by Gasteiger charge is -2.57. The molecule has 3 heteroatoms. The maximum atomic E-state index is 6.24. The quantitative estimate of drug-likeness (QED) is 0.777. The molecule has 0 radical (unpaired) electrons. The van der Waals surface area contributed by atoms with Crippen LogP contribution in [-0.2, 0) is 0 Å². The van der Waals surface area contributed by atoms with Gasteiger partial charge in [0.1, 0.15) is 0 Å². The molecule has 0 aromatic carbocycles. The summed E-state index contributed by atoms with van der Waals surface area (Å²) in [4.78, 5) is 0. The van der Waals surface area contributed by atoms with E-state index in [1.165, 1.54) is 51.4 Å². The molecule has 3 fully saturated rings. The van der Waals surface area contributed by atoms with E-state index in [0.29, 0.717) is 6.04 Å². The van der Waals surface area contributed by atoms with Crippen molar-refractivity contribution < 1.29 is 0 Å². The number of nitrogens with two attached hydrogens (primary N) is 1. The zero-order chi connectivity index (χ0) is 12.7. The Morgan fingerprint density at radius 2 is 1.28 bits per heavy atom. The van der Waals surface area contributed by atoms with Crippen LogP contribution in [0, 0.1) is 0 Å². The van der Waals surface area contributed by atoms with E-state index in [0.717, 1.165) is 24.2 Å². The maximum Gasteiger partial charge on any atom is 0.0264 e. The Hall–Kier alpha value is -0.120. The number of rotatable bonds is 1. The summed E-state index contributed by atoms with van der Waals surface area (Å²) in [6.07, 6.45) is 10.7. The molecule has 0 aliphatic carbocycles. The van der Waals surface area contributed by atoms with Crippen molar-refractivity contribution in [3.8, 4) is 0 Å². The van der Waals surface area contributed by atoms with Crippen molar-refractivity contribution in [2.75, 3.05) is 0 Å². The molecule has 18 heavy (non-hydrogen) atoms. The first-order chi connectivity index (χ1) is 8.66. The number of hydrogen-bond acceptors (Lipinski definition) is 3. The molecule has 3 aliphatic rings. The fourth-order valence-corrected chi connectivity index (χ4v) is 4.64. The zero-order valence-corrected chi connectivity index (χ0v) is 12.0. The first-order valence-electron chi connectivity index (χ1n) is 7.99. The van der Waals surface area contributed by atoms with Gasteiger partial charge >= 0.3 is 0 Å². The van der Waals surface area contributed by atoms with E-state index in [-0.39, 0.29) is 0 Å². The highest BCUT2D eigenvalue weighted by Crippen LogP contribution is 2.38. The van der Waals surface area contributed by atoms with Crippen molar-refractivity contribution in [2.24, 2.45) is 5.73 Å². The van der Waals surface area contributed by atoms with Gasteiger partial charge in [-0.05, 0) is 52.4 Å². The van der Waals surface area contributed by atoms with Gasteiger partial charge in [0, 0.05) is 30.2 Å². The van der Waals surface area contributed by atoms with Crippen molar-refractivity contribution in [2.45, 2.75) is 95.4 Å². The minimum atomic E-state index is 0.451. The monoisotopic (exact) mass is 251 g/mol. The number of hydrogen-bond donors (Lipinski definition) is 1. The van der Waals surface area contributed by atoms with Gasteiger partial charge in [-0.1, -0.05) is 12.8 Å². The van der Waals surface area contributed by atoms with E-state index in [4.69, 9.17) is 5.73 Å². The first kappa shape index (κ1) is 12.9. The van der Waals surface area contributed by atoms with Gasteiger partial charge in [-0.3, -0.25) is 0 Å². The minimum absolute atomic E-state index is 0.451. The van der Waals surface area contributed by atoms with Gasteiger partial charge in [-0.2, -0.15) is 0 Å². The summed E-state index contributed by atoms with van der Waals surface area (Å²) < 4.78 is 0. The third-order valence-corrected chi connectivity index (χ3v) is 5.39. The van der Waals surface area contributed by atoms with Gasteiger partial charge in [-0.15, -0.1) is 0 Å². The minimum Gasteiger partial charge on any atom is -0.328 e. The first-order valence-corrected chi connectivity index (χ1v) is 7.99. The predicted octanol–water partition coefficient (Wildman–Crippen LogP) is 2.51. The van der Waals surface area contributed by atoms with Crippen LogP contribution in [0.5, 0.6) is 0 Å². The molecule has 0 aromatic heterocycles. The Morgan fingerprint density at radius 1 is 0.778 bits per heavy atom. The number of nitrogens with zero attached hydrogens (tertiary/aromatic N) is 2. The lowest BCUT2D eigenvalue weighted by atomic mass is 9.82. The summed E-state index contributed by atoms with van der Waals surface area (Å²) >= 11 is 0. The Bertz CT molecular complexity index is 269. The van der Waals surface area contributed by atoms with Crippen LogP contribution >= 0.6 is 0 Å². The van der Waals surface area contributed by atoms with Crippen LogP contribution in [-0.4, -0.2) is 40.2 Å². The van der Waals surface area contributed by atoms with Crippen LogP contribution < -0.4 is 5.73 Å². The van der Waals surface area contributed by atoms with Crippen molar-refractivity contribution in [3.05, 3.63) is 0 Å². The molecule has 2 N–H and O–H groups in total. The molecule has 4 unspecified atom stereocenters. The second-order valence-electron chi connectivity index (χ2n) is 6.86. The lowest BCUT2D eigenvalue weighted by molar-refractivity contribution is -0.186. The van der Waals surface area contributed by atoms with Crippen LogP contribution in [0.15, 0.2) is 0 Å². The summed E-state index contributed by atoms with van der Waals surface area (Å²) in [7, 11) is 0. The van der Waals surface area contributed by atoms with Crippen LogP contribution in [0.4, 0.5) is 0 Å². The molecule has 104 valence electrons. The summed E-state index contributed by atoms with van der Waals surface area (Å²) in [6, 6.07) is 3.37. The third kappa shape index (κ3) is 2.21. The summed E-state index contributed by atoms with van der Waals surface area (Å²) in [5.41, 5.74) is 6.24. The molecule has 3 aliphatic heterocycles. The van der Waals surface area contributed by atoms with Gasteiger partial charge in [0.2, 0.25) is 0 Å². The van der Waals surface area contributed by atoms with E-state index in [9.17, 15) is 0 Å². The van der Waals surface area contributed by atoms with E-state index in [1.54, 1.807) is 0 Å². The molecule has 3 rings (SSSR count). The standard InChI is InChI=1S/C15H29N3/c1-11-5-3-6-12(2)17(11)18-14-7-4-8-15(18)10-13(16)9-14/h11-15H,3-10,16H2,1-2H3. The second-order valence-corrected chi connectivity index (χ2v) is 6.86. The number of fused-ring (bicyclic) bond motifs is 2. The van der Waals surface area contributed by atoms with E-state index in [2.05, 4.69) is 23.9 Å². The largest absolute Gasteiger partial charge is 0.328 e. The summed E-state index contributed by atoms with van der Waals surface area (Å²) in [5.74, 6) is 0. The molecular formula is C15H29N3. The fourth-order valence-electron chi connectivity index (χ4n) is 4.64. The van der Waals surface area contributed by atoms with E-state index >= 15 is 0 Å². The predicted molar refractivity (Wildman–Crippen MR) is 75.1 cm³/mol. The highest BCUT2D eigenvalue weighted by atomic mass is 15.7. The van der Waals surface area contributed by atoms with Crippen LogP contribution in [0.1, 0.15) is 65.2 Å². The molecule has 0 spiro atoms. The van der Waals surface area contributed by atoms with Crippen LogP contribution in [0.25, 0.3) is 0 Å². The van der Waals surface area contributed by atoms with Gasteiger partial charge in [0.05, 0.1) is 0 Å². The van der Waals surface area contributed by atoms with Crippen LogP contribution in [0.2, 0.25) is 0 Å². The highest BCUT2D eigenvalue weighted by Gasteiger charge is 2.43.